The van der Waals surface area contributed by atoms with Gasteiger partial charge in [0.1, 0.15) is 5.82 Å². The summed E-state index contributed by atoms with van der Waals surface area (Å²) in [5.41, 5.74) is 1.89. The van der Waals surface area contributed by atoms with Gasteiger partial charge in [-0.05, 0) is 42.3 Å². The van der Waals surface area contributed by atoms with E-state index in [-0.39, 0.29) is 11.7 Å². The van der Waals surface area contributed by atoms with Gasteiger partial charge in [-0.1, -0.05) is 0 Å². The predicted molar refractivity (Wildman–Crippen MR) is 100 cm³/mol. The summed E-state index contributed by atoms with van der Waals surface area (Å²) < 4.78 is 15.3. The van der Waals surface area contributed by atoms with E-state index in [2.05, 4.69) is 15.3 Å². The van der Waals surface area contributed by atoms with Crippen LogP contribution < -0.4 is 5.32 Å². The van der Waals surface area contributed by atoms with Gasteiger partial charge < -0.3 is 14.9 Å². The number of halogens is 1. The molecule has 2 N–H and O–H groups in total. The molecule has 0 spiro atoms. The van der Waals surface area contributed by atoms with Gasteiger partial charge >= 0.3 is 0 Å². The highest BCUT2D eigenvalue weighted by atomic mass is 32.1. The lowest BCUT2D eigenvalue weighted by Gasteiger charge is -2.04. The van der Waals surface area contributed by atoms with Gasteiger partial charge in [-0.25, -0.2) is 9.37 Å². The van der Waals surface area contributed by atoms with Gasteiger partial charge in [0.2, 0.25) is 5.91 Å². The summed E-state index contributed by atoms with van der Waals surface area (Å²) in [6.07, 6.45) is 8.40. The molecule has 1 amide bonds. The quantitative estimate of drug-likeness (QED) is 0.547. The first kappa shape index (κ1) is 16.5. The SMILES string of the molecule is O=C(Cc1cnc(-n2cccc2)s1)NCCc1c[nH]c2ccc(F)cc12. The summed E-state index contributed by atoms with van der Waals surface area (Å²) in [7, 11) is 0. The first-order chi connectivity index (χ1) is 12.7. The highest BCUT2D eigenvalue weighted by molar-refractivity contribution is 7.14. The largest absolute Gasteiger partial charge is 0.361 e. The Morgan fingerprint density at radius 2 is 2.15 bits per heavy atom. The van der Waals surface area contributed by atoms with Gasteiger partial charge in [-0.2, -0.15) is 0 Å². The normalized spacial score (nSPS) is 11.1. The van der Waals surface area contributed by atoms with Crippen molar-refractivity contribution in [3.63, 3.8) is 0 Å². The number of aromatic amines is 1. The fourth-order valence-electron chi connectivity index (χ4n) is 2.88. The first-order valence-electron chi connectivity index (χ1n) is 8.29. The molecule has 1 aromatic carbocycles. The van der Waals surface area contributed by atoms with Crippen LogP contribution >= 0.6 is 11.3 Å². The molecule has 132 valence electrons. The number of carbonyl (C=O) groups excluding carboxylic acids is 1. The molecule has 7 heteroatoms. The van der Waals surface area contributed by atoms with Gasteiger partial charge in [0.25, 0.3) is 0 Å². The molecular weight excluding hydrogens is 351 g/mol. The minimum atomic E-state index is -0.258. The number of hydrogen-bond donors (Lipinski definition) is 2. The van der Waals surface area contributed by atoms with Crippen molar-refractivity contribution < 1.29 is 9.18 Å². The summed E-state index contributed by atoms with van der Waals surface area (Å²) in [5, 5.41) is 4.62. The number of thiazole rings is 1. The van der Waals surface area contributed by atoms with Crippen LogP contribution in [0.25, 0.3) is 16.0 Å². The number of H-pyrrole nitrogens is 1. The van der Waals surface area contributed by atoms with E-state index < -0.39 is 0 Å². The molecule has 26 heavy (non-hydrogen) atoms. The molecular formula is C19H17FN4OS. The minimum absolute atomic E-state index is 0.0428. The minimum Gasteiger partial charge on any atom is -0.361 e. The second kappa shape index (κ2) is 7.13. The number of fused-ring (bicyclic) bond motifs is 1. The molecule has 0 atom stereocenters. The van der Waals surface area contributed by atoms with Crippen LogP contribution in [-0.4, -0.2) is 27.0 Å². The summed E-state index contributed by atoms with van der Waals surface area (Å²) in [4.78, 5) is 20.5. The van der Waals surface area contributed by atoms with Gasteiger partial charge in [-0.15, -0.1) is 11.3 Å². The number of hydrogen-bond acceptors (Lipinski definition) is 3. The van der Waals surface area contributed by atoms with E-state index in [1.165, 1.54) is 23.5 Å². The van der Waals surface area contributed by atoms with E-state index in [9.17, 15) is 9.18 Å². The van der Waals surface area contributed by atoms with Crippen molar-refractivity contribution in [3.8, 4) is 5.13 Å². The van der Waals surface area contributed by atoms with E-state index in [1.807, 2.05) is 35.3 Å². The summed E-state index contributed by atoms with van der Waals surface area (Å²) in [6, 6.07) is 8.54. The maximum absolute atomic E-state index is 13.4. The van der Waals surface area contributed by atoms with Crippen LogP contribution in [0.2, 0.25) is 0 Å². The third-order valence-corrected chi connectivity index (χ3v) is 5.16. The van der Waals surface area contributed by atoms with E-state index in [4.69, 9.17) is 0 Å². The van der Waals surface area contributed by atoms with Crippen LogP contribution in [0.5, 0.6) is 0 Å². The zero-order chi connectivity index (χ0) is 17.9. The smallest absolute Gasteiger partial charge is 0.225 e. The summed E-state index contributed by atoms with van der Waals surface area (Å²) in [5.74, 6) is -0.301. The van der Waals surface area contributed by atoms with Crippen molar-refractivity contribution in [1.29, 1.82) is 0 Å². The Labute approximate surface area is 153 Å². The molecule has 0 unspecified atom stereocenters. The van der Waals surface area contributed by atoms with Crippen LogP contribution in [0.4, 0.5) is 4.39 Å². The van der Waals surface area contributed by atoms with Crippen molar-refractivity contribution in [3.05, 3.63) is 71.4 Å². The average Bonchev–Trinajstić information content (AvgIpc) is 3.35. The number of nitrogens with zero attached hydrogens (tertiary/aromatic N) is 2. The van der Waals surface area contributed by atoms with Crippen LogP contribution in [0.1, 0.15) is 10.4 Å². The summed E-state index contributed by atoms with van der Waals surface area (Å²) >= 11 is 1.50. The van der Waals surface area contributed by atoms with Gasteiger partial charge in [-0.3, -0.25) is 4.79 Å². The van der Waals surface area contributed by atoms with Gasteiger partial charge in [0, 0.05) is 47.1 Å². The zero-order valence-corrected chi connectivity index (χ0v) is 14.7. The third-order valence-electron chi connectivity index (χ3n) is 4.15. The molecule has 0 fully saturated rings. The number of amides is 1. The Balaban J connectivity index is 1.32. The standard InChI is InChI=1S/C19H17FN4OS/c20-14-3-4-17-16(9-14)13(11-22-17)5-6-21-18(25)10-15-12-23-19(26-15)24-7-1-2-8-24/h1-4,7-9,11-12,22H,5-6,10H2,(H,21,25). The molecule has 0 saturated carbocycles. The van der Waals surface area contributed by atoms with Crippen LogP contribution in [-0.2, 0) is 17.6 Å². The maximum atomic E-state index is 13.4. The maximum Gasteiger partial charge on any atom is 0.225 e. The molecule has 4 rings (SSSR count). The Kier molecular flexibility index (Phi) is 4.53. The van der Waals surface area contributed by atoms with E-state index in [1.54, 1.807) is 12.3 Å². The molecule has 0 radical (unpaired) electrons. The number of aromatic nitrogens is 3. The lowest BCUT2D eigenvalue weighted by atomic mass is 10.1. The number of carbonyl (C=O) groups is 1. The van der Waals surface area contributed by atoms with E-state index in [0.717, 1.165) is 26.5 Å². The topological polar surface area (TPSA) is 62.7 Å². The fourth-order valence-corrected chi connectivity index (χ4v) is 3.75. The first-order valence-corrected chi connectivity index (χ1v) is 9.11. The monoisotopic (exact) mass is 368 g/mol. The molecule has 0 saturated heterocycles. The second-order valence-electron chi connectivity index (χ2n) is 5.98. The van der Waals surface area contributed by atoms with Crippen molar-refractivity contribution in [1.82, 2.24) is 19.9 Å². The highest BCUT2D eigenvalue weighted by Crippen LogP contribution is 2.20. The Hall–Kier alpha value is -2.93. The van der Waals surface area contributed by atoms with E-state index in [0.29, 0.717) is 19.4 Å². The van der Waals surface area contributed by atoms with Crippen LogP contribution in [0, 0.1) is 5.82 Å². The molecule has 0 bridgehead atoms. The Morgan fingerprint density at radius 3 is 3.00 bits per heavy atom. The number of benzene rings is 1. The predicted octanol–water partition coefficient (Wildman–Crippen LogP) is 3.46. The molecule has 0 aliphatic rings. The average molecular weight is 368 g/mol. The lowest BCUT2D eigenvalue weighted by molar-refractivity contribution is -0.120. The number of nitrogens with one attached hydrogen (secondary N) is 2. The molecule has 5 nitrogen and oxygen atoms in total. The van der Waals surface area contributed by atoms with Crippen molar-refractivity contribution in [2.24, 2.45) is 0 Å². The van der Waals surface area contributed by atoms with Gasteiger partial charge in [0.15, 0.2) is 5.13 Å². The highest BCUT2D eigenvalue weighted by Gasteiger charge is 2.09. The van der Waals surface area contributed by atoms with Crippen LogP contribution in [0.3, 0.4) is 0 Å². The van der Waals surface area contributed by atoms with Crippen molar-refractivity contribution in [2.45, 2.75) is 12.8 Å². The number of rotatable bonds is 6. The van der Waals surface area contributed by atoms with Gasteiger partial charge in [0.05, 0.1) is 6.42 Å². The third kappa shape index (κ3) is 3.52. The Bertz CT molecular complexity index is 1040. The van der Waals surface area contributed by atoms with Crippen molar-refractivity contribution in [2.75, 3.05) is 6.54 Å². The molecule has 3 heterocycles. The molecule has 0 aliphatic heterocycles. The molecule has 0 aliphatic carbocycles. The lowest BCUT2D eigenvalue weighted by Crippen LogP contribution is -2.26. The Morgan fingerprint density at radius 1 is 1.31 bits per heavy atom. The van der Waals surface area contributed by atoms with Crippen LogP contribution in [0.15, 0.2) is 55.1 Å². The van der Waals surface area contributed by atoms with E-state index >= 15 is 0 Å². The fraction of sp³-hybridized carbons (Fsp3) is 0.158. The summed E-state index contributed by atoms with van der Waals surface area (Å²) in [6.45, 7) is 0.506. The molecule has 4 aromatic rings. The zero-order valence-electron chi connectivity index (χ0n) is 13.9. The molecule has 3 aromatic heterocycles. The second-order valence-corrected chi connectivity index (χ2v) is 7.07. The van der Waals surface area contributed by atoms with Crippen molar-refractivity contribution >= 4 is 28.1 Å².